The zero-order valence-electron chi connectivity index (χ0n) is 12.5. The van der Waals surface area contributed by atoms with Crippen LogP contribution in [-0.4, -0.2) is 22.8 Å². The summed E-state index contributed by atoms with van der Waals surface area (Å²) in [5.74, 6) is 0.795. The maximum atomic E-state index is 11.8. The molecule has 0 bridgehead atoms. The zero-order valence-corrected chi connectivity index (χ0v) is 12.5. The average Bonchev–Trinajstić information content (AvgIpc) is 2.51. The minimum Gasteiger partial charge on any atom is -0.459 e. The summed E-state index contributed by atoms with van der Waals surface area (Å²) in [6.07, 6.45) is 4.07. The zero-order chi connectivity index (χ0) is 14.1. The van der Waals surface area contributed by atoms with E-state index in [0.29, 0.717) is 12.3 Å². The van der Waals surface area contributed by atoms with Gasteiger partial charge >= 0.3 is 5.97 Å². The van der Waals surface area contributed by atoms with Gasteiger partial charge in [-0.3, -0.25) is 4.79 Å². The smallest absolute Gasteiger partial charge is 0.306 e. The molecule has 1 saturated heterocycles. The number of hydrogen-bond acceptors (Lipinski definition) is 3. The Kier molecular flexibility index (Phi) is 2.65. The van der Waals surface area contributed by atoms with Crippen molar-refractivity contribution < 1.29 is 14.6 Å². The van der Waals surface area contributed by atoms with E-state index in [0.717, 1.165) is 25.7 Å². The predicted octanol–water partition coefficient (Wildman–Crippen LogP) is 2.91. The van der Waals surface area contributed by atoms with Crippen LogP contribution in [0.3, 0.4) is 0 Å². The van der Waals surface area contributed by atoms with Crippen molar-refractivity contribution in [1.82, 2.24) is 0 Å². The lowest BCUT2D eigenvalue weighted by molar-refractivity contribution is -0.176. The largest absolute Gasteiger partial charge is 0.459 e. The molecule has 3 fully saturated rings. The van der Waals surface area contributed by atoms with Gasteiger partial charge < -0.3 is 9.84 Å². The molecule has 0 spiro atoms. The van der Waals surface area contributed by atoms with Crippen LogP contribution in [0.4, 0.5) is 0 Å². The molecule has 0 aromatic heterocycles. The van der Waals surface area contributed by atoms with Crippen LogP contribution in [-0.2, 0) is 9.53 Å². The summed E-state index contributed by atoms with van der Waals surface area (Å²) in [5.41, 5.74) is -0.116. The first-order chi connectivity index (χ1) is 8.67. The van der Waals surface area contributed by atoms with E-state index in [2.05, 4.69) is 27.7 Å². The molecule has 19 heavy (non-hydrogen) atoms. The van der Waals surface area contributed by atoms with E-state index in [1.54, 1.807) is 0 Å². The third-order valence-electron chi connectivity index (χ3n) is 6.36. The van der Waals surface area contributed by atoms with Crippen LogP contribution in [0.2, 0.25) is 0 Å². The van der Waals surface area contributed by atoms with Gasteiger partial charge in [0.05, 0.1) is 12.5 Å². The number of aliphatic hydroxyl groups is 1. The number of fused-ring (bicyclic) bond motifs is 3. The van der Waals surface area contributed by atoms with Gasteiger partial charge in [-0.05, 0) is 49.4 Å². The Morgan fingerprint density at radius 3 is 2.53 bits per heavy atom. The van der Waals surface area contributed by atoms with Crippen LogP contribution < -0.4 is 0 Å². The maximum absolute atomic E-state index is 11.8. The molecule has 0 aromatic rings. The maximum Gasteiger partial charge on any atom is 0.306 e. The van der Waals surface area contributed by atoms with E-state index in [9.17, 15) is 9.90 Å². The van der Waals surface area contributed by atoms with Crippen LogP contribution in [0, 0.1) is 22.7 Å². The van der Waals surface area contributed by atoms with Crippen LogP contribution in [0.15, 0.2) is 0 Å². The fourth-order valence-corrected chi connectivity index (χ4v) is 5.81. The van der Waals surface area contributed by atoms with E-state index in [1.165, 1.54) is 0 Å². The molecule has 0 aromatic carbocycles. The van der Waals surface area contributed by atoms with Crippen molar-refractivity contribution in [2.24, 2.45) is 22.7 Å². The Hall–Kier alpha value is -0.570. The molecule has 2 aliphatic carbocycles. The summed E-state index contributed by atoms with van der Waals surface area (Å²) in [7, 11) is 0. The molecule has 108 valence electrons. The Bertz CT molecular complexity index is 416. The Morgan fingerprint density at radius 2 is 1.84 bits per heavy atom. The number of hydrogen-bond donors (Lipinski definition) is 1. The number of esters is 1. The summed E-state index contributed by atoms with van der Waals surface area (Å²) < 4.78 is 5.65. The standard InChI is InChI=1S/C16H26O3/c1-14(2)8-10(17)9-15(3)11(14)5-6-16(4)12(15)7-13(18)19-16/h10-12,17H,5-9H2,1-4H3/t10-,11+,12-,15+,16-/m1/s1. The van der Waals surface area contributed by atoms with Crippen molar-refractivity contribution in [2.75, 3.05) is 0 Å². The molecule has 1 N–H and O–H groups in total. The molecule has 0 unspecified atom stereocenters. The SMILES string of the molecule is CC1(C)C[C@@H](O)C[C@]2(C)[C@H]3CC(=O)O[C@]3(C)CC[C@@H]12. The molecule has 3 nitrogen and oxygen atoms in total. The fraction of sp³-hybridized carbons (Fsp3) is 0.938. The van der Waals surface area contributed by atoms with Crippen LogP contribution >= 0.6 is 0 Å². The molecule has 1 heterocycles. The van der Waals surface area contributed by atoms with Gasteiger partial charge in [0.2, 0.25) is 0 Å². The van der Waals surface area contributed by atoms with E-state index >= 15 is 0 Å². The molecule has 3 heteroatoms. The van der Waals surface area contributed by atoms with Crippen molar-refractivity contribution in [3.8, 4) is 0 Å². The summed E-state index contributed by atoms with van der Waals surface area (Å²) in [5, 5.41) is 10.3. The lowest BCUT2D eigenvalue weighted by Crippen LogP contribution is -2.58. The van der Waals surface area contributed by atoms with E-state index in [4.69, 9.17) is 4.74 Å². The molecule has 2 saturated carbocycles. The third-order valence-corrected chi connectivity index (χ3v) is 6.36. The van der Waals surface area contributed by atoms with Crippen molar-refractivity contribution in [1.29, 1.82) is 0 Å². The van der Waals surface area contributed by atoms with Gasteiger partial charge in [-0.2, -0.15) is 0 Å². The van der Waals surface area contributed by atoms with E-state index < -0.39 is 0 Å². The normalized spacial score (nSPS) is 52.3. The minimum atomic E-state index is -0.296. The number of rotatable bonds is 0. The van der Waals surface area contributed by atoms with Gasteiger partial charge in [0, 0.05) is 5.92 Å². The van der Waals surface area contributed by atoms with Gasteiger partial charge in [-0.25, -0.2) is 0 Å². The Balaban J connectivity index is 2.02. The fourth-order valence-electron chi connectivity index (χ4n) is 5.81. The van der Waals surface area contributed by atoms with E-state index in [-0.39, 0.29) is 34.4 Å². The van der Waals surface area contributed by atoms with Crippen LogP contribution in [0.1, 0.15) is 59.8 Å². The monoisotopic (exact) mass is 266 g/mol. The highest BCUT2D eigenvalue weighted by atomic mass is 16.6. The highest BCUT2D eigenvalue weighted by molar-refractivity contribution is 5.73. The Labute approximate surface area is 115 Å². The summed E-state index contributed by atoms with van der Waals surface area (Å²) in [6, 6.07) is 0. The second-order valence-corrected chi connectivity index (χ2v) is 8.19. The average molecular weight is 266 g/mol. The van der Waals surface area contributed by atoms with Crippen molar-refractivity contribution in [2.45, 2.75) is 71.5 Å². The van der Waals surface area contributed by atoms with Gasteiger partial charge in [-0.15, -0.1) is 0 Å². The first-order valence-corrected chi connectivity index (χ1v) is 7.57. The van der Waals surface area contributed by atoms with Crippen molar-refractivity contribution in [3.05, 3.63) is 0 Å². The summed E-state index contributed by atoms with van der Waals surface area (Å²) >= 11 is 0. The number of carbonyl (C=O) groups is 1. The van der Waals surface area contributed by atoms with Gasteiger partial charge in [0.25, 0.3) is 0 Å². The first kappa shape index (κ1) is 13.4. The number of carbonyl (C=O) groups excluding carboxylic acids is 1. The molecule has 3 rings (SSSR count). The molecule has 1 aliphatic heterocycles. The molecule has 0 radical (unpaired) electrons. The third kappa shape index (κ3) is 1.77. The summed E-state index contributed by atoms with van der Waals surface area (Å²) in [6.45, 7) is 8.93. The van der Waals surface area contributed by atoms with Crippen molar-refractivity contribution >= 4 is 5.97 Å². The number of aliphatic hydroxyl groups excluding tert-OH is 1. The lowest BCUT2D eigenvalue weighted by Gasteiger charge is -2.60. The molecular weight excluding hydrogens is 240 g/mol. The quantitative estimate of drug-likeness (QED) is 0.686. The minimum absolute atomic E-state index is 0.0281. The second-order valence-electron chi connectivity index (χ2n) is 8.19. The first-order valence-electron chi connectivity index (χ1n) is 7.57. The van der Waals surface area contributed by atoms with E-state index in [1.807, 2.05) is 0 Å². The number of ether oxygens (including phenoxy) is 1. The summed E-state index contributed by atoms with van der Waals surface area (Å²) in [4.78, 5) is 11.8. The molecule has 0 amide bonds. The van der Waals surface area contributed by atoms with Crippen LogP contribution in [0.5, 0.6) is 0 Å². The highest BCUT2D eigenvalue weighted by Crippen LogP contribution is 2.64. The molecule has 5 atom stereocenters. The van der Waals surface area contributed by atoms with Crippen molar-refractivity contribution in [3.63, 3.8) is 0 Å². The lowest BCUT2D eigenvalue weighted by atomic mass is 9.45. The highest BCUT2D eigenvalue weighted by Gasteiger charge is 2.63. The topological polar surface area (TPSA) is 46.5 Å². The molecule has 3 aliphatic rings. The van der Waals surface area contributed by atoms with Crippen LogP contribution in [0.25, 0.3) is 0 Å². The van der Waals surface area contributed by atoms with Gasteiger partial charge in [0.1, 0.15) is 5.60 Å². The second kappa shape index (κ2) is 3.75. The predicted molar refractivity (Wildman–Crippen MR) is 72.5 cm³/mol. The van der Waals surface area contributed by atoms with Gasteiger partial charge in [-0.1, -0.05) is 20.8 Å². The Morgan fingerprint density at radius 1 is 1.16 bits per heavy atom. The molecular formula is C16H26O3. The van der Waals surface area contributed by atoms with Gasteiger partial charge in [0.15, 0.2) is 0 Å².